The lowest BCUT2D eigenvalue weighted by Gasteiger charge is -2.37. The molecule has 6 N–H and O–H groups in total. The molecule has 20 heteroatoms. The molecule has 320 valence electrons. The molecule has 0 spiro atoms. The van der Waals surface area contributed by atoms with Crippen molar-refractivity contribution in [2.75, 3.05) is 94.2 Å². The number of carbonyl (C=O) groups excluding carboxylic acids is 5. The van der Waals surface area contributed by atoms with E-state index >= 15 is 4.39 Å². The van der Waals surface area contributed by atoms with E-state index in [-0.39, 0.29) is 48.2 Å². The van der Waals surface area contributed by atoms with Crippen LogP contribution < -0.4 is 36.8 Å². The summed E-state index contributed by atoms with van der Waals surface area (Å²) in [4.78, 5) is 78.6. The van der Waals surface area contributed by atoms with Crippen molar-refractivity contribution in [3.8, 4) is 0 Å². The van der Waals surface area contributed by atoms with Gasteiger partial charge in [0.2, 0.25) is 23.7 Å². The Hall–Kier alpha value is -6.05. The molecule has 2 aromatic rings. The van der Waals surface area contributed by atoms with Gasteiger partial charge in [-0.3, -0.25) is 29.4 Å². The zero-order valence-corrected chi connectivity index (χ0v) is 34.0. The summed E-state index contributed by atoms with van der Waals surface area (Å²) in [6.07, 6.45) is 8.80. The van der Waals surface area contributed by atoms with Gasteiger partial charge in [0.05, 0.1) is 17.4 Å². The van der Waals surface area contributed by atoms with Crippen LogP contribution in [0.15, 0.2) is 42.2 Å². The molecule has 5 saturated heterocycles. The number of anilines is 4. The first-order valence-corrected chi connectivity index (χ1v) is 20.8. The average molecular weight is 829 g/mol. The number of rotatable bonds is 11. The summed E-state index contributed by atoms with van der Waals surface area (Å²) in [6, 6.07) is 4.12. The van der Waals surface area contributed by atoms with Gasteiger partial charge in [-0.15, -0.1) is 10.2 Å². The second-order valence-electron chi connectivity index (χ2n) is 16.7. The number of allylic oxidation sites excluding steroid dienone is 1. The van der Waals surface area contributed by atoms with E-state index < -0.39 is 29.2 Å². The molecule has 4 atom stereocenters. The molecule has 0 bridgehead atoms. The van der Waals surface area contributed by atoms with Crippen molar-refractivity contribution < 1.29 is 28.4 Å². The molecule has 7 heterocycles. The number of benzene rings is 1. The number of amides is 6. The SMILES string of the molecule is CN1CCN([C@@H]2CCCN(c3nnc(C(N)=O)c(Nc4ccc(N5CCN(CC6CCN(C7=CNC(C)(C(=O)NC8CCC(=O)NC8=O)C=C7)C6)CC5)c(F)c4)n3)C2)C1=O. The maximum absolute atomic E-state index is 15.7. The third kappa shape index (κ3) is 8.64. The second kappa shape index (κ2) is 16.9. The van der Waals surface area contributed by atoms with Crippen molar-refractivity contribution in [3.05, 3.63) is 53.8 Å². The molecular formula is C40H53FN14O5. The normalized spacial score (nSPS) is 26.2. The largest absolute Gasteiger partial charge is 0.373 e. The van der Waals surface area contributed by atoms with E-state index in [0.717, 1.165) is 57.7 Å². The van der Waals surface area contributed by atoms with Gasteiger partial charge < -0.3 is 46.2 Å². The highest BCUT2D eigenvalue weighted by Gasteiger charge is 2.38. The number of carbonyl (C=O) groups is 5. The molecular weight excluding hydrogens is 776 g/mol. The van der Waals surface area contributed by atoms with Gasteiger partial charge >= 0.3 is 6.03 Å². The Morgan fingerprint density at radius 2 is 1.78 bits per heavy atom. The fourth-order valence-corrected chi connectivity index (χ4v) is 8.88. The van der Waals surface area contributed by atoms with Gasteiger partial charge in [-0.1, -0.05) is 0 Å². The molecule has 6 aliphatic heterocycles. The van der Waals surface area contributed by atoms with Crippen LogP contribution in [-0.2, 0) is 14.4 Å². The average Bonchev–Trinajstić information content (AvgIpc) is 3.84. The maximum atomic E-state index is 15.7. The van der Waals surface area contributed by atoms with Crippen molar-refractivity contribution in [2.24, 2.45) is 11.7 Å². The van der Waals surface area contributed by atoms with Crippen molar-refractivity contribution in [2.45, 2.75) is 56.7 Å². The number of piperidine rings is 2. The first kappa shape index (κ1) is 40.7. The maximum Gasteiger partial charge on any atom is 0.320 e. The number of primary amides is 1. The van der Waals surface area contributed by atoms with Crippen LogP contribution in [0.3, 0.4) is 0 Å². The third-order valence-corrected chi connectivity index (χ3v) is 12.5. The van der Waals surface area contributed by atoms with Crippen LogP contribution in [0, 0.1) is 11.7 Å². The van der Waals surface area contributed by atoms with E-state index in [9.17, 15) is 24.0 Å². The zero-order chi connectivity index (χ0) is 42.1. The van der Waals surface area contributed by atoms with Gasteiger partial charge in [-0.2, -0.15) is 4.98 Å². The molecule has 0 saturated carbocycles. The first-order valence-electron chi connectivity index (χ1n) is 20.8. The number of hydrogen-bond acceptors (Lipinski definition) is 14. The molecule has 0 radical (unpaired) electrons. The Morgan fingerprint density at radius 1 is 0.967 bits per heavy atom. The number of nitrogens with two attached hydrogens (primary N) is 1. The minimum Gasteiger partial charge on any atom is -0.373 e. The fourth-order valence-electron chi connectivity index (χ4n) is 8.88. The molecule has 3 unspecified atom stereocenters. The fraction of sp³-hybridized carbons (Fsp3) is 0.550. The molecule has 8 rings (SSSR count). The molecule has 1 aromatic carbocycles. The van der Waals surface area contributed by atoms with Crippen molar-refractivity contribution >= 4 is 52.8 Å². The third-order valence-electron chi connectivity index (χ3n) is 12.5. The van der Waals surface area contributed by atoms with Gasteiger partial charge in [-0.25, -0.2) is 9.18 Å². The monoisotopic (exact) mass is 828 g/mol. The number of likely N-dealkylation sites (N-methyl/N-ethyl adjacent to an activating group) is 1. The van der Waals surface area contributed by atoms with Gasteiger partial charge in [0.25, 0.3) is 5.91 Å². The number of nitrogens with zero attached hydrogens (tertiary/aromatic N) is 9. The molecule has 6 aliphatic rings. The van der Waals surface area contributed by atoms with Crippen molar-refractivity contribution in [1.29, 1.82) is 0 Å². The second-order valence-corrected chi connectivity index (χ2v) is 16.7. The van der Waals surface area contributed by atoms with Crippen LogP contribution >= 0.6 is 0 Å². The summed E-state index contributed by atoms with van der Waals surface area (Å²) in [6.45, 7) is 9.88. The Bertz CT molecular complexity index is 2090. The minimum atomic E-state index is -1.03. The summed E-state index contributed by atoms with van der Waals surface area (Å²) in [5, 5.41) is 19.6. The Balaban J connectivity index is 0.817. The van der Waals surface area contributed by atoms with Crippen LogP contribution in [0.5, 0.6) is 0 Å². The summed E-state index contributed by atoms with van der Waals surface area (Å²) < 4.78 is 15.7. The highest BCUT2D eigenvalue weighted by Crippen LogP contribution is 2.30. The molecule has 1 aromatic heterocycles. The lowest BCUT2D eigenvalue weighted by molar-refractivity contribution is -0.138. The zero-order valence-electron chi connectivity index (χ0n) is 34.0. The number of imide groups is 1. The topological polar surface area (TPSA) is 218 Å². The summed E-state index contributed by atoms with van der Waals surface area (Å²) in [5.74, 6) is -1.54. The number of hydrogen-bond donors (Lipinski definition) is 5. The van der Waals surface area contributed by atoms with Gasteiger partial charge in [0.15, 0.2) is 11.5 Å². The van der Waals surface area contributed by atoms with Gasteiger partial charge in [-0.05, 0) is 68.9 Å². The first-order chi connectivity index (χ1) is 28.8. The molecule has 6 amide bonds. The number of likely N-dealkylation sites (tertiary alicyclic amines) is 1. The van der Waals surface area contributed by atoms with Crippen molar-refractivity contribution in [3.63, 3.8) is 0 Å². The van der Waals surface area contributed by atoms with Crippen LogP contribution in [0.2, 0.25) is 0 Å². The van der Waals surface area contributed by atoms with Crippen molar-refractivity contribution in [1.82, 2.24) is 50.7 Å². The number of halogens is 1. The molecule has 60 heavy (non-hydrogen) atoms. The number of piperazine rings is 1. The smallest absolute Gasteiger partial charge is 0.320 e. The summed E-state index contributed by atoms with van der Waals surface area (Å²) in [7, 11) is 1.80. The van der Waals surface area contributed by atoms with Crippen LogP contribution in [0.4, 0.5) is 32.3 Å². The van der Waals surface area contributed by atoms with Crippen LogP contribution in [0.25, 0.3) is 0 Å². The van der Waals surface area contributed by atoms with Gasteiger partial charge in [0, 0.05) is 97.3 Å². The van der Waals surface area contributed by atoms with E-state index in [2.05, 4.69) is 46.2 Å². The van der Waals surface area contributed by atoms with Gasteiger partial charge in [0.1, 0.15) is 17.4 Å². The van der Waals surface area contributed by atoms with E-state index in [0.29, 0.717) is 62.5 Å². The Morgan fingerprint density at radius 3 is 2.48 bits per heavy atom. The molecule has 5 fully saturated rings. The highest BCUT2D eigenvalue weighted by atomic mass is 19.1. The summed E-state index contributed by atoms with van der Waals surface area (Å²) >= 11 is 0. The van der Waals surface area contributed by atoms with E-state index in [1.165, 1.54) is 6.07 Å². The minimum absolute atomic E-state index is 0.00219. The number of dihydropyridines is 1. The van der Waals surface area contributed by atoms with E-state index in [1.807, 2.05) is 33.1 Å². The summed E-state index contributed by atoms with van der Waals surface area (Å²) in [5.41, 5.74) is 6.31. The Labute approximate surface area is 347 Å². The van der Waals surface area contributed by atoms with Crippen LogP contribution in [-0.4, -0.2) is 161 Å². The lowest BCUT2D eigenvalue weighted by Crippen LogP contribution is -2.59. The lowest BCUT2D eigenvalue weighted by atomic mass is 9.96. The predicted octanol–water partition coefficient (Wildman–Crippen LogP) is 0.314. The Kier molecular flexibility index (Phi) is 11.5. The number of aromatic nitrogens is 3. The standard InChI is InChI=1S/C40H53FN14O5/c1-40(37(59)45-30-6-8-32(56)46-36(30)58)11-9-27(21-43-40)53-13-10-25(23-53)22-51-15-17-52(18-16-51)31-7-5-26(20-29(31)41)44-35-33(34(42)57)48-49-38(47-35)54-12-3-4-28(24-54)55-19-14-50(2)39(55)60/h5,7,9,11,20-21,25,28,30,43H,3-4,6,8,10,12-19,22-24H2,1-2H3,(H2,42,57)(H,45,59)(H,44,47,49)(H,46,56,58)/t25?,28-,30?,40?/m1/s1. The number of nitrogens with one attached hydrogen (secondary N) is 4. The van der Waals surface area contributed by atoms with E-state index in [4.69, 9.17) is 5.73 Å². The quantitative estimate of drug-likeness (QED) is 0.193. The van der Waals surface area contributed by atoms with Crippen LogP contribution in [0.1, 0.15) is 49.5 Å². The molecule has 19 nitrogen and oxygen atoms in total. The number of urea groups is 1. The predicted molar refractivity (Wildman–Crippen MR) is 219 cm³/mol. The highest BCUT2D eigenvalue weighted by molar-refractivity contribution is 6.02. The molecule has 0 aliphatic carbocycles. The van der Waals surface area contributed by atoms with E-state index in [1.54, 1.807) is 31.0 Å².